The number of anilines is 1. The third kappa shape index (κ3) is 5.41. The molecule has 2 rings (SSSR count). The van der Waals surface area contributed by atoms with Crippen molar-refractivity contribution in [1.82, 2.24) is 0 Å². The Balaban J connectivity index is 1.96. The summed E-state index contributed by atoms with van der Waals surface area (Å²) in [4.78, 5) is 36.3. The molecule has 0 spiro atoms. The number of methoxy groups -OCH3 is 1. The highest BCUT2D eigenvalue weighted by Gasteiger charge is 2.21. The smallest absolute Gasteiger partial charge is 0.342 e. The van der Waals surface area contributed by atoms with Gasteiger partial charge < -0.3 is 14.8 Å². The third-order valence-corrected chi connectivity index (χ3v) is 3.81. The number of Topliss-reactive ketones (excluding diaryl/α,β-unsaturated/α-hetero) is 1. The minimum Gasteiger partial charge on any atom is -0.496 e. The predicted molar refractivity (Wildman–Crippen MR) is 102 cm³/mol. The molecule has 0 fully saturated rings. The number of hydrogen-bond donors (Lipinski definition) is 1. The zero-order chi connectivity index (χ0) is 20.0. The number of para-hydroxylation sites is 1. The number of amides is 1. The number of rotatable bonds is 6. The SMILES string of the molecule is COc1ccccc1C(=O)OCC(=O)c1ccc(NC(=O)C(C)(C)C)cc1. The number of esters is 1. The van der Waals surface area contributed by atoms with Gasteiger partial charge in [0.05, 0.1) is 7.11 Å². The quantitative estimate of drug-likeness (QED) is 0.620. The molecule has 0 saturated carbocycles. The second-order valence-corrected chi connectivity index (χ2v) is 6.98. The number of ether oxygens (including phenoxy) is 2. The zero-order valence-corrected chi connectivity index (χ0v) is 15.9. The first kappa shape index (κ1) is 20.2. The molecule has 0 aliphatic rings. The summed E-state index contributed by atoms with van der Waals surface area (Å²) in [6, 6.07) is 13.1. The monoisotopic (exact) mass is 369 g/mol. The van der Waals surface area contributed by atoms with Gasteiger partial charge in [0.2, 0.25) is 5.91 Å². The molecule has 0 unspecified atom stereocenters. The summed E-state index contributed by atoms with van der Waals surface area (Å²) in [7, 11) is 1.46. The van der Waals surface area contributed by atoms with E-state index in [1.807, 2.05) is 20.8 Å². The maximum atomic E-state index is 12.2. The molecule has 2 aromatic carbocycles. The van der Waals surface area contributed by atoms with Crippen LogP contribution >= 0.6 is 0 Å². The average molecular weight is 369 g/mol. The Morgan fingerprint density at radius 2 is 1.59 bits per heavy atom. The van der Waals surface area contributed by atoms with Crippen LogP contribution in [-0.2, 0) is 9.53 Å². The van der Waals surface area contributed by atoms with Gasteiger partial charge in [-0.25, -0.2) is 4.79 Å². The lowest BCUT2D eigenvalue weighted by Crippen LogP contribution is -2.27. The molecule has 0 aliphatic heterocycles. The standard InChI is InChI=1S/C21H23NO5/c1-21(2,3)20(25)22-15-11-9-14(10-12-15)17(23)13-27-19(24)16-7-5-6-8-18(16)26-4/h5-12H,13H2,1-4H3,(H,22,25). The van der Waals surface area contributed by atoms with E-state index in [0.717, 1.165) is 0 Å². The van der Waals surface area contributed by atoms with Gasteiger partial charge in [-0.1, -0.05) is 32.9 Å². The van der Waals surface area contributed by atoms with Crippen molar-refractivity contribution < 1.29 is 23.9 Å². The van der Waals surface area contributed by atoms with E-state index in [0.29, 0.717) is 17.0 Å². The van der Waals surface area contributed by atoms with E-state index in [1.165, 1.54) is 7.11 Å². The van der Waals surface area contributed by atoms with Crippen molar-refractivity contribution in [2.75, 3.05) is 19.0 Å². The van der Waals surface area contributed by atoms with Crippen molar-refractivity contribution in [3.05, 3.63) is 59.7 Å². The molecule has 1 amide bonds. The van der Waals surface area contributed by atoms with Gasteiger partial charge in [0, 0.05) is 16.7 Å². The Labute approximate surface area is 158 Å². The minimum absolute atomic E-state index is 0.118. The highest BCUT2D eigenvalue weighted by molar-refractivity contribution is 6.00. The first-order valence-electron chi connectivity index (χ1n) is 8.47. The van der Waals surface area contributed by atoms with Crippen molar-refractivity contribution in [3.63, 3.8) is 0 Å². The van der Waals surface area contributed by atoms with Crippen LogP contribution in [0, 0.1) is 5.41 Å². The summed E-state index contributed by atoms with van der Waals surface area (Å²) in [5, 5.41) is 2.78. The normalized spacial score (nSPS) is 10.8. The van der Waals surface area contributed by atoms with Gasteiger partial charge in [0.1, 0.15) is 11.3 Å². The molecule has 142 valence electrons. The number of nitrogens with one attached hydrogen (secondary N) is 1. The molecule has 6 heteroatoms. The average Bonchev–Trinajstić information content (AvgIpc) is 2.65. The van der Waals surface area contributed by atoms with Crippen LogP contribution in [0.1, 0.15) is 41.5 Å². The largest absolute Gasteiger partial charge is 0.496 e. The Bertz CT molecular complexity index is 834. The predicted octanol–water partition coefficient (Wildman–Crippen LogP) is 3.72. The van der Waals surface area contributed by atoms with Crippen LogP contribution in [0.5, 0.6) is 5.75 Å². The molecule has 0 saturated heterocycles. The van der Waals surface area contributed by atoms with E-state index in [-0.39, 0.29) is 23.9 Å². The van der Waals surface area contributed by atoms with Crippen LogP contribution < -0.4 is 10.1 Å². The van der Waals surface area contributed by atoms with E-state index in [9.17, 15) is 14.4 Å². The Morgan fingerprint density at radius 3 is 2.19 bits per heavy atom. The van der Waals surface area contributed by atoms with Crippen molar-refractivity contribution in [3.8, 4) is 5.75 Å². The van der Waals surface area contributed by atoms with Gasteiger partial charge in [-0.2, -0.15) is 0 Å². The van der Waals surface area contributed by atoms with E-state index >= 15 is 0 Å². The number of carbonyl (C=O) groups excluding carboxylic acids is 3. The maximum Gasteiger partial charge on any atom is 0.342 e. The van der Waals surface area contributed by atoms with Crippen molar-refractivity contribution in [2.24, 2.45) is 5.41 Å². The van der Waals surface area contributed by atoms with Crippen LogP contribution in [-0.4, -0.2) is 31.4 Å². The highest BCUT2D eigenvalue weighted by Crippen LogP contribution is 2.19. The molecule has 1 N–H and O–H groups in total. The summed E-state index contributed by atoms with van der Waals surface area (Å²) in [5.74, 6) is -0.706. The first-order valence-corrected chi connectivity index (χ1v) is 8.47. The molecule has 0 bridgehead atoms. The molecule has 0 aromatic heterocycles. The lowest BCUT2D eigenvalue weighted by atomic mass is 9.95. The van der Waals surface area contributed by atoms with Crippen molar-refractivity contribution in [1.29, 1.82) is 0 Å². The maximum absolute atomic E-state index is 12.2. The molecule has 0 heterocycles. The lowest BCUT2D eigenvalue weighted by Gasteiger charge is -2.17. The molecule has 0 aliphatic carbocycles. The van der Waals surface area contributed by atoms with Gasteiger partial charge in [0.25, 0.3) is 0 Å². The summed E-state index contributed by atoms with van der Waals surface area (Å²) in [5.41, 5.74) is 0.725. The van der Waals surface area contributed by atoms with Gasteiger partial charge in [-0.05, 0) is 36.4 Å². The van der Waals surface area contributed by atoms with Crippen LogP contribution in [0.4, 0.5) is 5.69 Å². The molecule has 6 nitrogen and oxygen atoms in total. The fourth-order valence-electron chi connectivity index (χ4n) is 2.16. The minimum atomic E-state index is -0.630. The molecule has 2 aromatic rings. The molecular formula is C21H23NO5. The highest BCUT2D eigenvalue weighted by atomic mass is 16.5. The fourth-order valence-corrected chi connectivity index (χ4v) is 2.16. The second-order valence-electron chi connectivity index (χ2n) is 6.98. The van der Waals surface area contributed by atoms with Crippen molar-refractivity contribution in [2.45, 2.75) is 20.8 Å². The number of hydrogen-bond acceptors (Lipinski definition) is 5. The molecule has 27 heavy (non-hydrogen) atoms. The Hall–Kier alpha value is -3.15. The van der Waals surface area contributed by atoms with Gasteiger partial charge >= 0.3 is 5.97 Å². The Morgan fingerprint density at radius 1 is 0.963 bits per heavy atom. The zero-order valence-electron chi connectivity index (χ0n) is 15.9. The lowest BCUT2D eigenvalue weighted by molar-refractivity contribution is -0.123. The summed E-state index contributed by atoms with van der Waals surface area (Å²) >= 11 is 0. The van der Waals surface area contributed by atoms with Crippen LogP contribution in [0.2, 0.25) is 0 Å². The van der Waals surface area contributed by atoms with Crippen LogP contribution in [0.3, 0.4) is 0 Å². The second kappa shape index (κ2) is 8.49. The molecular weight excluding hydrogens is 346 g/mol. The first-order chi connectivity index (χ1) is 12.7. The van der Waals surface area contributed by atoms with E-state index < -0.39 is 11.4 Å². The van der Waals surface area contributed by atoms with Crippen LogP contribution in [0.25, 0.3) is 0 Å². The number of benzene rings is 2. The number of ketones is 1. The van der Waals surface area contributed by atoms with E-state index in [2.05, 4.69) is 5.32 Å². The number of carbonyl (C=O) groups is 3. The van der Waals surface area contributed by atoms with Gasteiger partial charge in [-0.3, -0.25) is 9.59 Å². The molecule has 0 atom stereocenters. The topological polar surface area (TPSA) is 81.7 Å². The van der Waals surface area contributed by atoms with E-state index in [1.54, 1.807) is 48.5 Å². The Kier molecular flexibility index (Phi) is 6.34. The summed E-state index contributed by atoms with van der Waals surface area (Å²) < 4.78 is 10.2. The van der Waals surface area contributed by atoms with E-state index in [4.69, 9.17) is 9.47 Å². The third-order valence-electron chi connectivity index (χ3n) is 3.81. The molecule has 0 radical (unpaired) electrons. The van der Waals surface area contributed by atoms with Crippen LogP contribution in [0.15, 0.2) is 48.5 Å². The van der Waals surface area contributed by atoms with Gasteiger partial charge in [0.15, 0.2) is 12.4 Å². The summed E-state index contributed by atoms with van der Waals surface area (Å²) in [6.45, 7) is 5.06. The fraction of sp³-hybridized carbons (Fsp3) is 0.286. The van der Waals surface area contributed by atoms with Crippen molar-refractivity contribution >= 4 is 23.3 Å². The summed E-state index contributed by atoms with van der Waals surface area (Å²) in [6.07, 6.45) is 0. The van der Waals surface area contributed by atoms with Gasteiger partial charge in [-0.15, -0.1) is 0 Å².